The lowest BCUT2D eigenvalue weighted by atomic mass is 10.00. The van der Waals surface area contributed by atoms with Crippen molar-refractivity contribution in [3.63, 3.8) is 0 Å². The van der Waals surface area contributed by atoms with E-state index in [0.29, 0.717) is 24.6 Å². The molecule has 0 spiro atoms. The van der Waals surface area contributed by atoms with Gasteiger partial charge in [0.15, 0.2) is 0 Å². The lowest BCUT2D eigenvalue weighted by Gasteiger charge is -2.36. The fourth-order valence-corrected chi connectivity index (χ4v) is 4.72. The number of piperazine rings is 1. The van der Waals surface area contributed by atoms with Crippen molar-refractivity contribution in [1.82, 2.24) is 14.9 Å². The summed E-state index contributed by atoms with van der Waals surface area (Å²) < 4.78 is 13.3. The van der Waals surface area contributed by atoms with Crippen LogP contribution in [0.2, 0.25) is 0 Å². The Bertz CT molecular complexity index is 1180. The number of anilines is 1. The molecule has 1 amide bonds. The number of benzene rings is 2. The van der Waals surface area contributed by atoms with Crippen LogP contribution in [-0.2, 0) is 12.8 Å². The van der Waals surface area contributed by atoms with E-state index in [4.69, 9.17) is 9.97 Å². The minimum Gasteiger partial charge on any atom is -0.353 e. The van der Waals surface area contributed by atoms with Gasteiger partial charge in [-0.1, -0.05) is 36.8 Å². The number of hydrogen-bond acceptors (Lipinski definition) is 4. The summed E-state index contributed by atoms with van der Waals surface area (Å²) in [5, 5.41) is 0. The van der Waals surface area contributed by atoms with Gasteiger partial charge in [-0.15, -0.1) is 0 Å². The van der Waals surface area contributed by atoms with Crippen molar-refractivity contribution >= 4 is 11.7 Å². The predicted molar refractivity (Wildman–Crippen MR) is 132 cm³/mol. The molecule has 1 aliphatic heterocycles. The monoisotopic (exact) mass is 458 g/mol. The molecule has 0 atom stereocenters. The van der Waals surface area contributed by atoms with Gasteiger partial charge < -0.3 is 9.80 Å². The molecule has 1 aliphatic carbocycles. The molecule has 2 aromatic carbocycles. The van der Waals surface area contributed by atoms with E-state index in [2.05, 4.69) is 43.0 Å². The predicted octanol–water partition coefficient (Wildman–Crippen LogP) is 4.92. The summed E-state index contributed by atoms with van der Waals surface area (Å²) in [6, 6.07) is 14.4. The Labute approximate surface area is 200 Å². The highest BCUT2D eigenvalue weighted by Crippen LogP contribution is 2.40. The first-order valence-corrected chi connectivity index (χ1v) is 12.3. The molecular weight excluding hydrogens is 427 g/mol. The number of hydrogen-bond donors (Lipinski definition) is 0. The fraction of sp³-hybridized carbons (Fsp3) is 0.393. The molecule has 5 nitrogen and oxygen atoms in total. The Morgan fingerprint density at radius 3 is 2.41 bits per heavy atom. The van der Waals surface area contributed by atoms with Crippen LogP contribution in [-0.4, -0.2) is 47.0 Å². The van der Waals surface area contributed by atoms with E-state index >= 15 is 0 Å². The molecule has 176 valence electrons. The first-order chi connectivity index (χ1) is 16.5. The van der Waals surface area contributed by atoms with Crippen LogP contribution in [0.15, 0.2) is 48.5 Å². The highest BCUT2D eigenvalue weighted by molar-refractivity contribution is 5.94. The molecule has 0 unspecified atom stereocenters. The molecule has 5 rings (SSSR count). The second-order valence-electron chi connectivity index (χ2n) is 9.41. The summed E-state index contributed by atoms with van der Waals surface area (Å²) >= 11 is 0. The second kappa shape index (κ2) is 9.53. The summed E-state index contributed by atoms with van der Waals surface area (Å²) in [5.74, 6) is 2.12. The van der Waals surface area contributed by atoms with E-state index in [0.717, 1.165) is 43.3 Å². The lowest BCUT2D eigenvalue weighted by Crippen LogP contribution is -2.49. The third kappa shape index (κ3) is 4.81. The number of nitrogens with zero attached hydrogens (tertiary/aromatic N) is 4. The summed E-state index contributed by atoms with van der Waals surface area (Å²) in [4.78, 5) is 27.2. The molecule has 1 saturated heterocycles. The molecule has 1 saturated carbocycles. The van der Waals surface area contributed by atoms with Gasteiger partial charge in [0.25, 0.3) is 5.91 Å². The van der Waals surface area contributed by atoms with Gasteiger partial charge in [0, 0.05) is 55.3 Å². The van der Waals surface area contributed by atoms with Gasteiger partial charge in [0.1, 0.15) is 17.5 Å². The molecule has 0 N–H and O–H groups in total. The van der Waals surface area contributed by atoms with Gasteiger partial charge in [-0.2, -0.15) is 0 Å². The van der Waals surface area contributed by atoms with Crippen molar-refractivity contribution in [3.8, 4) is 0 Å². The van der Waals surface area contributed by atoms with Crippen LogP contribution in [0.3, 0.4) is 0 Å². The second-order valence-corrected chi connectivity index (χ2v) is 9.41. The largest absolute Gasteiger partial charge is 0.353 e. The van der Waals surface area contributed by atoms with Crippen LogP contribution < -0.4 is 4.90 Å². The first-order valence-electron chi connectivity index (χ1n) is 12.3. The molecule has 0 radical (unpaired) electrons. The maximum absolute atomic E-state index is 13.3. The molecule has 0 bridgehead atoms. The fourth-order valence-electron chi connectivity index (χ4n) is 4.72. The molecule has 6 heteroatoms. The van der Waals surface area contributed by atoms with Gasteiger partial charge in [-0.25, -0.2) is 14.4 Å². The third-order valence-corrected chi connectivity index (χ3v) is 6.79. The average molecular weight is 459 g/mol. The van der Waals surface area contributed by atoms with E-state index in [1.807, 2.05) is 4.90 Å². The molecule has 2 heterocycles. The number of carbonyl (C=O) groups excluding carboxylic acids is 1. The Morgan fingerprint density at radius 1 is 1.03 bits per heavy atom. The molecule has 2 aliphatic rings. The molecule has 1 aromatic heterocycles. The van der Waals surface area contributed by atoms with E-state index in [1.54, 1.807) is 12.1 Å². The summed E-state index contributed by atoms with van der Waals surface area (Å²) in [7, 11) is 0. The van der Waals surface area contributed by atoms with Gasteiger partial charge in [-0.3, -0.25) is 4.79 Å². The molecule has 3 aromatic rings. The number of amides is 1. The number of halogens is 1. The Balaban J connectivity index is 1.40. The topological polar surface area (TPSA) is 49.3 Å². The van der Waals surface area contributed by atoms with Crippen molar-refractivity contribution in [3.05, 3.63) is 88.1 Å². The maximum atomic E-state index is 13.3. The van der Waals surface area contributed by atoms with Crippen LogP contribution >= 0.6 is 0 Å². The van der Waals surface area contributed by atoms with Crippen molar-refractivity contribution in [2.75, 3.05) is 31.1 Å². The minimum atomic E-state index is -0.329. The normalized spacial score (nSPS) is 16.1. The van der Waals surface area contributed by atoms with E-state index in [1.165, 1.54) is 41.7 Å². The van der Waals surface area contributed by atoms with Crippen LogP contribution in [0.4, 0.5) is 10.2 Å². The van der Waals surface area contributed by atoms with Gasteiger partial charge in [0.2, 0.25) is 0 Å². The number of carbonyl (C=O) groups is 1. The van der Waals surface area contributed by atoms with Crippen LogP contribution in [0.25, 0.3) is 0 Å². The summed E-state index contributed by atoms with van der Waals surface area (Å²) in [5.41, 5.74) is 5.39. The highest BCUT2D eigenvalue weighted by atomic mass is 19.1. The quantitative estimate of drug-likeness (QED) is 0.526. The zero-order valence-electron chi connectivity index (χ0n) is 19.9. The number of rotatable bonds is 6. The molecule has 2 fully saturated rings. The zero-order valence-corrected chi connectivity index (χ0v) is 19.9. The first kappa shape index (κ1) is 22.5. The SMILES string of the molecule is CCc1nc(C2CC2)nc(N2CCN(C(=O)c3ccc(F)cc3)CC2)c1Cc1cccc(C)c1. The van der Waals surface area contributed by atoms with E-state index in [-0.39, 0.29) is 11.7 Å². The smallest absolute Gasteiger partial charge is 0.253 e. The van der Waals surface area contributed by atoms with Crippen molar-refractivity contribution in [2.24, 2.45) is 0 Å². The zero-order chi connectivity index (χ0) is 23.7. The van der Waals surface area contributed by atoms with Gasteiger partial charge in [0.05, 0.1) is 0 Å². The number of aromatic nitrogens is 2. The van der Waals surface area contributed by atoms with Crippen LogP contribution in [0, 0.1) is 12.7 Å². The van der Waals surface area contributed by atoms with E-state index in [9.17, 15) is 9.18 Å². The third-order valence-electron chi connectivity index (χ3n) is 6.79. The average Bonchev–Trinajstić information content (AvgIpc) is 3.70. The van der Waals surface area contributed by atoms with Crippen LogP contribution in [0.1, 0.15) is 64.2 Å². The lowest BCUT2D eigenvalue weighted by molar-refractivity contribution is 0.0746. The van der Waals surface area contributed by atoms with E-state index < -0.39 is 0 Å². The minimum absolute atomic E-state index is 0.0461. The van der Waals surface area contributed by atoms with Gasteiger partial charge >= 0.3 is 0 Å². The summed E-state index contributed by atoms with van der Waals surface area (Å²) in [6.45, 7) is 6.96. The Kier molecular flexibility index (Phi) is 6.31. The number of aryl methyl sites for hydroxylation is 2. The van der Waals surface area contributed by atoms with Crippen LogP contribution in [0.5, 0.6) is 0 Å². The van der Waals surface area contributed by atoms with Gasteiger partial charge in [-0.05, 0) is 56.0 Å². The van der Waals surface area contributed by atoms with Crippen molar-refractivity contribution < 1.29 is 9.18 Å². The summed E-state index contributed by atoms with van der Waals surface area (Å²) in [6.07, 6.45) is 4.01. The Morgan fingerprint density at radius 2 is 1.76 bits per heavy atom. The highest BCUT2D eigenvalue weighted by Gasteiger charge is 2.31. The van der Waals surface area contributed by atoms with Crippen molar-refractivity contribution in [2.45, 2.75) is 45.4 Å². The molecular formula is C28H31FN4O. The Hall–Kier alpha value is -3.28. The molecule has 34 heavy (non-hydrogen) atoms. The maximum Gasteiger partial charge on any atom is 0.253 e. The standard InChI is InChI=1S/C28H31FN4O/c1-3-25-24(18-20-6-4-5-19(2)17-20)27(31-26(30-25)21-7-8-21)32-13-15-33(16-14-32)28(34)22-9-11-23(29)12-10-22/h4-6,9-12,17,21H,3,7-8,13-16,18H2,1-2H3. The van der Waals surface area contributed by atoms with Crippen molar-refractivity contribution in [1.29, 1.82) is 0 Å².